The lowest BCUT2D eigenvalue weighted by Crippen LogP contribution is -1.93. The lowest BCUT2D eigenvalue weighted by atomic mass is 10.0. The van der Waals surface area contributed by atoms with E-state index in [0.717, 1.165) is 22.3 Å². The second kappa shape index (κ2) is 5.76. The van der Waals surface area contributed by atoms with Crippen molar-refractivity contribution in [3.63, 3.8) is 0 Å². The summed E-state index contributed by atoms with van der Waals surface area (Å²) in [5.74, 6) is 0. The first-order valence-corrected chi connectivity index (χ1v) is 7.62. The summed E-state index contributed by atoms with van der Waals surface area (Å²) in [6.07, 6.45) is 1.87. The van der Waals surface area contributed by atoms with Crippen LogP contribution in [0, 0.1) is 11.3 Å². The van der Waals surface area contributed by atoms with Crippen molar-refractivity contribution in [2.45, 2.75) is 0 Å². The van der Waals surface area contributed by atoms with Crippen LogP contribution in [0.4, 0.5) is 0 Å². The number of benzene rings is 1. The van der Waals surface area contributed by atoms with Crippen LogP contribution >= 0.6 is 11.6 Å². The van der Waals surface area contributed by atoms with E-state index in [-0.39, 0.29) is 10.7 Å². The minimum Gasteiger partial charge on any atom is -0.240 e. The zero-order valence-electron chi connectivity index (χ0n) is 12.4. The molecule has 0 amide bonds. The first-order chi connectivity index (χ1) is 11.8. The van der Waals surface area contributed by atoms with E-state index in [1.165, 1.54) is 0 Å². The molecule has 3 heterocycles. The van der Waals surface area contributed by atoms with Gasteiger partial charge in [-0.25, -0.2) is 4.52 Å². The van der Waals surface area contributed by atoms with Crippen LogP contribution in [0.2, 0.25) is 5.15 Å². The lowest BCUT2D eigenvalue weighted by Gasteiger charge is -2.03. The van der Waals surface area contributed by atoms with Crippen molar-refractivity contribution in [2.24, 2.45) is 0 Å². The molecule has 24 heavy (non-hydrogen) atoms. The van der Waals surface area contributed by atoms with E-state index in [1.807, 2.05) is 60.8 Å². The highest BCUT2D eigenvalue weighted by atomic mass is 35.5. The molecule has 0 unspecified atom stereocenters. The third kappa shape index (κ3) is 2.30. The SMILES string of the molecule is N#Cc1cc(-c2c(-c3ccccc3)nn3ccccc23)nnc1Cl. The molecule has 0 radical (unpaired) electrons. The van der Waals surface area contributed by atoms with E-state index in [0.29, 0.717) is 5.69 Å². The van der Waals surface area contributed by atoms with Crippen LogP contribution in [0.5, 0.6) is 0 Å². The molecule has 1 aromatic carbocycles. The third-order valence-corrected chi connectivity index (χ3v) is 3.99. The van der Waals surface area contributed by atoms with Crippen molar-refractivity contribution in [1.82, 2.24) is 19.8 Å². The Bertz CT molecular complexity index is 1080. The molecule has 6 heteroatoms. The molecule has 4 rings (SSSR count). The highest BCUT2D eigenvalue weighted by Crippen LogP contribution is 2.34. The van der Waals surface area contributed by atoms with Gasteiger partial charge in [-0.3, -0.25) is 0 Å². The van der Waals surface area contributed by atoms with Crippen molar-refractivity contribution >= 4 is 17.1 Å². The number of nitriles is 1. The molecule has 0 saturated carbocycles. The Hall–Kier alpha value is -3.23. The molecule has 0 saturated heterocycles. The summed E-state index contributed by atoms with van der Waals surface area (Å²) in [6.45, 7) is 0. The average Bonchev–Trinajstić information content (AvgIpc) is 3.02. The Morgan fingerprint density at radius 3 is 2.58 bits per heavy atom. The van der Waals surface area contributed by atoms with Crippen molar-refractivity contribution in [2.75, 3.05) is 0 Å². The normalized spacial score (nSPS) is 10.7. The first-order valence-electron chi connectivity index (χ1n) is 7.24. The Morgan fingerprint density at radius 2 is 1.79 bits per heavy atom. The van der Waals surface area contributed by atoms with Crippen LogP contribution in [0.15, 0.2) is 60.8 Å². The van der Waals surface area contributed by atoms with Gasteiger partial charge in [0.15, 0.2) is 5.15 Å². The zero-order chi connectivity index (χ0) is 16.5. The van der Waals surface area contributed by atoms with Gasteiger partial charge in [0.2, 0.25) is 0 Å². The summed E-state index contributed by atoms with van der Waals surface area (Å²) in [6, 6.07) is 19.3. The fraction of sp³-hybridized carbons (Fsp3) is 0. The van der Waals surface area contributed by atoms with Crippen LogP contribution in [0.1, 0.15) is 5.56 Å². The van der Waals surface area contributed by atoms with Gasteiger partial charge in [-0.1, -0.05) is 48.0 Å². The number of hydrogen-bond donors (Lipinski definition) is 0. The number of fused-ring (bicyclic) bond motifs is 1. The van der Waals surface area contributed by atoms with Gasteiger partial charge in [0, 0.05) is 11.8 Å². The second-order valence-electron chi connectivity index (χ2n) is 5.17. The Balaban J connectivity index is 2.05. The van der Waals surface area contributed by atoms with Gasteiger partial charge in [0.25, 0.3) is 0 Å². The molecule has 0 fully saturated rings. The van der Waals surface area contributed by atoms with Crippen molar-refractivity contribution in [3.8, 4) is 28.6 Å². The van der Waals surface area contributed by atoms with E-state index < -0.39 is 0 Å². The molecule has 4 aromatic rings. The van der Waals surface area contributed by atoms with Gasteiger partial charge in [0.05, 0.1) is 22.3 Å². The molecule has 0 bridgehead atoms. The Kier molecular flexibility index (Phi) is 3.45. The second-order valence-corrected chi connectivity index (χ2v) is 5.52. The maximum absolute atomic E-state index is 9.22. The molecule has 0 aliphatic heterocycles. The lowest BCUT2D eigenvalue weighted by molar-refractivity contribution is 0.966. The monoisotopic (exact) mass is 331 g/mol. The van der Waals surface area contributed by atoms with E-state index in [9.17, 15) is 5.26 Å². The van der Waals surface area contributed by atoms with Crippen LogP contribution in [-0.2, 0) is 0 Å². The summed E-state index contributed by atoms with van der Waals surface area (Å²) < 4.78 is 1.79. The fourth-order valence-electron chi connectivity index (χ4n) is 2.63. The molecule has 0 aliphatic carbocycles. The standard InChI is InChI=1S/C18H10ClN5/c19-18-13(11-20)10-14(21-22-18)16-15-8-4-5-9-24(15)23-17(16)12-6-2-1-3-7-12/h1-10H. The highest BCUT2D eigenvalue weighted by Gasteiger charge is 2.18. The van der Waals surface area contributed by atoms with Gasteiger partial charge in [-0.2, -0.15) is 10.4 Å². The summed E-state index contributed by atoms with van der Waals surface area (Å²) in [5, 5.41) is 22.1. The molecule has 0 atom stereocenters. The largest absolute Gasteiger partial charge is 0.240 e. The van der Waals surface area contributed by atoms with Gasteiger partial charge in [-0.15, -0.1) is 10.2 Å². The molecule has 114 valence electrons. The van der Waals surface area contributed by atoms with E-state index in [2.05, 4.69) is 15.3 Å². The minimum absolute atomic E-state index is 0.0963. The van der Waals surface area contributed by atoms with Crippen LogP contribution in [0.25, 0.3) is 28.0 Å². The summed E-state index contributed by atoms with van der Waals surface area (Å²) >= 11 is 5.92. The van der Waals surface area contributed by atoms with Gasteiger partial charge >= 0.3 is 0 Å². The quantitative estimate of drug-likeness (QED) is 0.557. The van der Waals surface area contributed by atoms with Crippen molar-refractivity contribution in [3.05, 3.63) is 71.5 Å². The van der Waals surface area contributed by atoms with Crippen LogP contribution < -0.4 is 0 Å². The summed E-state index contributed by atoms with van der Waals surface area (Å²) in [7, 11) is 0. The molecular weight excluding hydrogens is 322 g/mol. The molecule has 5 nitrogen and oxygen atoms in total. The summed E-state index contributed by atoms with van der Waals surface area (Å²) in [5.41, 5.74) is 4.31. The van der Waals surface area contributed by atoms with Crippen LogP contribution in [0.3, 0.4) is 0 Å². The molecule has 3 aromatic heterocycles. The van der Waals surface area contributed by atoms with E-state index in [4.69, 9.17) is 11.6 Å². The number of aromatic nitrogens is 4. The molecular formula is C18H10ClN5. The van der Waals surface area contributed by atoms with Gasteiger partial charge < -0.3 is 0 Å². The van der Waals surface area contributed by atoms with E-state index in [1.54, 1.807) is 10.6 Å². The zero-order valence-corrected chi connectivity index (χ0v) is 13.1. The number of hydrogen-bond acceptors (Lipinski definition) is 4. The number of halogens is 1. The number of pyridine rings is 1. The van der Waals surface area contributed by atoms with E-state index >= 15 is 0 Å². The minimum atomic E-state index is 0.0963. The highest BCUT2D eigenvalue weighted by molar-refractivity contribution is 6.30. The molecule has 0 N–H and O–H groups in total. The topological polar surface area (TPSA) is 66.9 Å². The summed E-state index contributed by atoms with van der Waals surface area (Å²) in [4.78, 5) is 0. The number of nitrogens with zero attached hydrogens (tertiary/aromatic N) is 5. The Labute approximate surface area is 142 Å². The molecule has 0 aliphatic rings. The van der Waals surface area contributed by atoms with Gasteiger partial charge in [0.1, 0.15) is 11.8 Å². The number of rotatable bonds is 2. The van der Waals surface area contributed by atoms with Gasteiger partial charge in [-0.05, 0) is 18.2 Å². The first kappa shape index (κ1) is 14.4. The predicted octanol–water partition coefficient (Wildman–Crippen LogP) is 3.98. The Morgan fingerprint density at radius 1 is 1.00 bits per heavy atom. The maximum atomic E-state index is 9.22. The van der Waals surface area contributed by atoms with Crippen molar-refractivity contribution < 1.29 is 0 Å². The third-order valence-electron chi connectivity index (χ3n) is 3.71. The maximum Gasteiger partial charge on any atom is 0.169 e. The predicted molar refractivity (Wildman–Crippen MR) is 91.4 cm³/mol. The van der Waals surface area contributed by atoms with Crippen molar-refractivity contribution in [1.29, 1.82) is 5.26 Å². The molecule has 0 spiro atoms. The average molecular weight is 332 g/mol. The smallest absolute Gasteiger partial charge is 0.169 e. The van der Waals surface area contributed by atoms with Crippen LogP contribution in [-0.4, -0.2) is 19.8 Å². The fourth-order valence-corrected chi connectivity index (χ4v) is 2.76.